The van der Waals surface area contributed by atoms with Gasteiger partial charge < -0.3 is 0 Å². The molecule has 0 bridgehead atoms. The number of halogens is 3. The molecule has 0 fully saturated rings. The third kappa shape index (κ3) is 4.39. The van der Waals surface area contributed by atoms with Crippen molar-refractivity contribution in [3.8, 4) is 23.0 Å². The van der Waals surface area contributed by atoms with Crippen LogP contribution >= 0.6 is 0 Å². The summed E-state index contributed by atoms with van der Waals surface area (Å²) < 4.78 is 41.2. The minimum Gasteiger partial charge on any atom is -0.204 e. The molecule has 0 heterocycles. The first-order chi connectivity index (χ1) is 15.1. The third-order valence-electron chi connectivity index (χ3n) is 5.17. The van der Waals surface area contributed by atoms with E-state index in [0.717, 1.165) is 35.6 Å². The topological polar surface area (TPSA) is 0 Å². The summed E-state index contributed by atoms with van der Waals surface area (Å²) in [5, 5.41) is 0.261. The van der Waals surface area contributed by atoms with Crippen LogP contribution in [0.15, 0.2) is 85.5 Å². The van der Waals surface area contributed by atoms with E-state index in [1.807, 2.05) is 30.3 Å². The molecule has 0 atom stereocenters. The van der Waals surface area contributed by atoms with Gasteiger partial charge in [-0.25, -0.2) is 13.2 Å². The monoisotopic (exact) mass is 412 g/mol. The van der Waals surface area contributed by atoms with E-state index in [9.17, 15) is 13.2 Å². The summed E-state index contributed by atoms with van der Waals surface area (Å²) in [6.45, 7) is 3.75. The Labute approximate surface area is 179 Å². The molecule has 0 saturated carbocycles. The molecule has 0 spiro atoms. The van der Waals surface area contributed by atoms with Gasteiger partial charge >= 0.3 is 0 Å². The lowest BCUT2D eigenvalue weighted by Gasteiger charge is -2.05. The highest BCUT2D eigenvalue weighted by molar-refractivity contribution is 5.89. The van der Waals surface area contributed by atoms with Crippen LogP contribution in [0, 0.1) is 29.3 Å². The van der Waals surface area contributed by atoms with E-state index >= 15 is 0 Å². The molecule has 0 aliphatic rings. The summed E-state index contributed by atoms with van der Waals surface area (Å²) in [4.78, 5) is 0. The molecule has 0 N–H and O–H groups in total. The summed E-state index contributed by atoms with van der Waals surface area (Å²) in [6.07, 6.45) is 3.85. The van der Waals surface area contributed by atoms with Crippen molar-refractivity contribution in [2.24, 2.45) is 0 Å². The Morgan fingerprint density at radius 2 is 1.42 bits per heavy atom. The van der Waals surface area contributed by atoms with Gasteiger partial charge in [0.05, 0.1) is 0 Å². The number of fused-ring (bicyclic) bond motifs is 1. The molecule has 0 aliphatic heterocycles. The first-order valence-electron chi connectivity index (χ1n) is 9.95. The van der Waals surface area contributed by atoms with Crippen molar-refractivity contribution in [2.75, 3.05) is 0 Å². The lowest BCUT2D eigenvalue weighted by atomic mass is 10.0. The number of hydrogen-bond acceptors (Lipinski definition) is 0. The third-order valence-corrected chi connectivity index (χ3v) is 5.17. The molecule has 0 nitrogen and oxygen atoms in total. The number of hydrogen-bond donors (Lipinski definition) is 0. The fraction of sp³-hybridized carbons (Fsp3) is 0.0714. The lowest BCUT2D eigenvalue weighted by molar-refractivity contribution is 0.453. The van der Waals surface area contributed by atoms with Crippen molar-refractivity contribution in [1.29, 1.82) is 0 Å². The van der Waals surface area contributed by atoms with Crippen LogP contribution < -0.4 is 0 Å². The summed E-state index contributed by atoms with van der Waals surface area (Å²) in [5.41, 5.74) is 4.67. The van der Waals surface area contributed by atoms with E-state index in [1.165, 1.54) is 11.6 Å². The summed E-state index contributed by atoms with van der Waals surface area (Å²) >= 11 is 0. The van der Waals surface area contributed by atoms with E-state index in [2.05, 4.69) is 42.7 Å². The average Bonchev–Trinajstić information content (AvgIpc) is 2.81. The largest absolute Gasteiger partial charge is 0.204 e. The molecule has 0 aromatic heterocycles. The highest BCUT2D eigenvalue weighted by Gasteiger charge is 2.14. The van der Waals surface area contributed by atoms with Gasteiger partial charge in [0, 0.05) is 21.9 Å². The van der Waals surface area contributed by atoms with Crippen LogP contribution in [0.3, 0.4) is 0 Å². The summed E-state index contributed by atoms with van der Waals surface area (Å²) in [7, 11) is 0. The Balaban J connectivity index is 1.59. The van der Waals surface area contributed by atoms with Crippen LogP contribution in [0.5, 0.6) is 0 Å². The quantitative estimate of drug-likeness (QED) is 0.186. The zero-order valence-electron chi connectivity index (χ0n) is 16.8. The molecule has 4 aromatic carbocycles. The molecular weight excluding hydrogens is 393 g/mol. The predicted molar refractivity (Wildman–Crippen MR) is 120 cm³/mol. The van der Waals surface area contributed by atoms with Crippen LogP contribution in [0.4, 0.5) is 13.2 Å². The Kier molecular flexibility index (Phi) is 5.91. The van der Waals surface area contributed by atoms with Crippen LogP contribution in [0.2, 0.25) is 0 Å². The second kappa shape index (κ2) is 8.93. The summed E-state index contributed by atoms with van der Waals surface area (Å²) in [6, 6.07) is 21.8. The highest BCUT2D eigenvalue weighted by Crippen LogP contribution is 2.26. The van der Waals surface area contributed by atoms with E-state index < -0.39 is 17.5 Å². The van der Waals surface area contributed by atoms with Crippen LogP contribution in [0.25, 0.3) is 21.9 Å². The number of rotatable bonds is 4. The maximum atomic E-state index is 14.0. The van der Waals surface area contributed by atoms with Crippen molar-refractivity contribution in [3.05, 3.63) is 120 Å². The molecule has 0 radical (unpaired) electrons. The Bertz CT molecular complexity index is 1310. The predicted octanol–water partition coefficient (Wildman–Crippen LogP) is 7.44. The van der Waals surface area contributed by atoms with Gasteiger partial charge in [-0.05, 0) is 53.8 Å². The van der Waals surface area contributed by atoms with E-state index in [4.69, 9.17) is 0 Å². The number of aryl methyl sites for hydroxylation is 1. The molecule has 3 heteroatoms. The fourth-order valence-electron chi connectivity index (χ4n) is 3.45. The minimum absolute atomic E-state index is 0.0117. The van der Waals surface area contributed by atoms with E-state index in [1.54, 1.807) is 12.1 Å². The van der Waals surface area contributed by atoms with E-state index in [-0.39, 0.29) is 10.8 Å². The van der Waals surface area contributed by atoms with Crippen molar-refractivity contribution >= 4 is 10.8 Å². The van der Waals surface area contributed by atoms with Crippen LogP contribution in [0.1, 0.15) is 23.1 Å². The van der Waals surface area contributed by atoms with Crippen molar-refractivity contribution in [2.45, 2.75) is 12.8 Å². The maximum Gasteiger partial charge on any atom is 0.195 e. The van der Waals surface area contributed by atoms with Crippen molar-refractivity contribution < 1.29 is 13.2 Å². The molecule has 0 unspecified atom stereocenters. The molecule has 0 amide bonds. The van der Waals surface area contributed by atoms with Crippen molar-refractivity contribution in [1.82, 2.24) is 0 Å². The maximum absolute atomic E-state index is 14.0. The van der Waals surface area contributed by atoms with Gasteiger partial charge in [-0.3, -0.25) is 0 Å². The fourth-order valence-corrected chi connectivity index (χ4v) is 3.45. The normalized spacial score (nSPS) is 10.5. The molecule has 31 heavy (non-hydrogen) atoms. The van der Waals surface area contributed by atoms with Gasteiger partial charge in [-0.2, -0.15) is 0 Å². The zero-order valence-corrected chi connectivity index (χ0v) is 16.8. The minimum atomic E-state index is -1.47. The van der Waals surface area contributed by atoms with Gasteiger partial charge in [0.15, 0.2) is 17.5 Å². The standard InChI is InChI=1S/C28H19F3/c1-2-3-5-19-8-13-21(14-9-19)22-15-10-20(11-16-22)12-17-23-6-4-7-24-25(23)18-26(29)28(31)27(24)30/h2,4,6-11,13-16,18H,1,3,5H2. The van der Waals surface area contributed by atoms with Gasteiger partial charge in [-0.15, -0.1) is 6.58 Å². The second-order valence-electron chi connectivity index (χ2n) is 7.24. The Hall–Kier alpha value is -3.77. The molecule has 4 aromatic rings. The highest BCUT2D eigenvalue weighted by atomic mass is 19.2. The molecule has 0 aliphatic carbocycles. The molecule has 0 saturated heterocycles. The average molecular weight is 412 g/mol. The van der Waals surface area contributed by atoms with Crippen LogP contribution in [-0.2, 0) is 6.42 Å². The second-order valence-corrected chi connectivity index (χ2v) is 7.24. The Morgan fingerprint density at radius 1 is 0.742 bits per heavy atom. The molecule has 4 rings (SSSR count). The molecule has 152 valence electrons. The van der Waals surface area contributed by atoms with Gasteiger partial charge in [0.25, 0.3) is 0 Å². The first kappa shape index (κ1) is 20.5. The van der Waals surface area contributed by atoms with Gasteiger partial charge in [0.2, 0.25) is 0 Å². The lowest BCUT2D eigenvalue weighted by Crippen LogP contribution is -1.93. The zero-order chi connectivity index (χ0) is 21.8. The Morgan fingerprint density at radius 3 is 2.10 bits per heavy atom. The summed E-state index contributed by atoms with van der Waals surface area (Å²) in [5.74, 6) is 2.08. The van der Waals surface area contributed by atoms with E-state index in [0.29, 0.717) is 5.56 Å². The number of benzene rings is 4. The first-order valence-corrected chi connectivity index (χ1v) is 9.95. The van der Waals surface area contributed by atoms with Crippen molar-refractivity contribution in [3.63, 3.8) is 0 Å². The van der Waals surface area contributed by atoms with Gasteiger partial charge in [-0.1, -0.05) is 66.4 Å². The van der Waals surface area contributed by atoms with Gasteiger partial charge in [0.1, 0.15) is 0 Å². The number of allylic oxidation sites excluding steroid dienone is 1. The molecular formula is C28H19F3. The van der Waals surface area contributed by atoms with Crippen LogP contribution in [-0.4, -0.2) is 0 Å². The SMILES string of the molecule is C=CCCc1ccc(-c2ccc(C#Cc3cccc4c(F)c(F)c(F)cc34)cc2)cc1. The smallest absolute Gasteiger partial charge is 0.195 e.